The van der Waals surface area contributed by atoms with Crippen molar-refractivity contribution in [1.82, 2.24) is 0 Å². The summed E-state index contributed by atoms with van der Waals surface area (Å²) in [5.41, 5.74) is 0. The maximum Gasteiger partial charge on any atom is 0.190 e. The predicted molar refractivity (Wildman–Crippen MR) is 49.0 cm³/mol. The zero-order valence-corrected chi connectivity index (χ0v) is 8.13. The standard InChI is InChI=1S/C7H6Cl2OS/c1-4(8)7(10)5-2-3-6(9)11-5/h2-4H,1H3. The van der Waals surface area contributed by atoms with Crippen LogP contribution in [0.25, 0.3) is 0 Å². The van der Waals surface area contributed by atoms with Gasteiger partial charge in [-0.2, -0.15) is 0 Å². The lowest BCUT2D eigenvalue weighted by molar-refractivity contribution is 0.0995. The highest BCUT2D eigenvalue weighted by atomic mass is 35.5. The molecule has 0 aromatic carbocycles. The minimum absolute atomic E-state index is 0.0661. The number of carbonyl (C=O) groups is 1. The van der Waals surface area contributed by atoms with E-state index in [4.69, 9.17) is 23.2 Å². The summed E-state index contributed by atoms with van der Waals surface area (Å²) in [4.78, 5) is 11.8. The summed E-state index contributed by atoms with van der Waals surface area (Å²) in [5, 5.41) is -0.468. The molecule has 0 spiro atoms. The highest BCUT2D eigenvalue weighted by Gasteiger charge is 2.13. The Hall–Kier alpha value is -0.0500. The van der Waals surface area contributed by atoms with E-state index in [-0.39, 0.29) is 5.78 Å². The summed E-state index contributed by atoms with van der Waals surface area (Å²) in [6, 6.07) is 3.38. The molecule has 0 fully saturated rings. The molecule has 0 N–H and O–H groups in total. The van der Waals surface area contributed by atoms with Crippen LogP contribution in [0.4, 0.5) is 0 Å². The molecule has 1 atom stereocenters. The molecule has 0 bridgehead atoms. The largest absolute Gasteiger partial charge is 0.292 e. The molecule has 1 nitrogen and oxygen atoms in total. The Balaban J connectivity index is 2.85. The zero-order chi connectivity index (χ0) is 8.43. The number of carbonyl (C=O) groups excluding carboxylic acids is 1. The van der Waals surface area contributed by atoms with E-state index >= 15 is 0 Å². The summed E-state index contributed by atoms with van der Waals surface area (Å²) >= 11 is 12.5. The van der Waals surface area contributed by atoms with Gasteiger partial charge in [-0.15, -0.1) is 22.9 Å². The van der Waals surface area contributed by atoms with Crippen LogP contribution in [0.2, 0.25) is 4.34 Å². The molecule has 0 saturated carbocycles. The van der Waals surface area contributed by atoms with Crippen LogP contribution in [0.3, 0.4) is 0 Å². The van der Waals surface area contributed by atoms with Crippen LogP contribution in [-0.2, 0) is 0 Å². The van der Waals surface area contributed by atoms with Gasteiger partial charge >= 0.3 is 0 Å². The summed E-state index contributed by atoms with van der Waals surface area (Å²) in [6.45, 7) is 1.65. The minimum atomic E-state index is -0.468. The van der Waals surface area contributed by atoms with E-state index in [2.05, 4.69) is 0 Å². The molecule has 4 heteroatoms. The lowest BCUT2D eigenvalue weighted by Gasteiger charge is -1.96. The van der Waals surface area contributed by atoms with Crippen molar-refractivity contribution in [2.45, 2.75) is 12.3 Å². The highest BCUT2D eigenvalue weighted by molar-refractivity contribution is 7.18. The van der Waals surface area contributed by atoms with Gasteiger partial charge in [0.15, 0.2) is 5.78 Å². The molecule has 60 valence electrons. The Kier molecular flexibility index (Phi) is 2.93. The average molecular weight is 209 g/mol. The molecule has 1 aromatic rings. The number of ketones is 1. The van der Waals surface area contributed by atoms with E-state index in [1.165, 1.54) is 11.3 Å². The van der Waals surface area contributed by atoms with Gasteiger partial charge in [0.1, 0.15) is 0 Å². The first-order chi connectivity index (χ1) is 5.11. The van der Waals surface area contributed by atoms with Gasteiger partial charge in [-0.05, 0) is 19.1 Å². The summed E-state index contributed by atoms with van der Waals surface area (Å²) in [5.74, 6) is -0.0661. The molecule has 0 radical (unpaired) electrons. The van der Waals surface area contributed by atoms with Gasteiger partial charge < -0.3 is 0 Å². The first-order valence-corrected chi connectivity index (χ1v) is 4.68. The monoisotopic (exact) mass is 208 g/mol. The number of thiophene rings is 1. The summed E-state index contributed by atoms with van der Waals surface area (Å²) < 4.78 is 0.616. The molecule has 1 aromatic heterocycles. The Morgan fingerprint density at radius 3 is 2.64 bits per heavy atom. The van der Waals surface area contributed by atoms with Crippen molar-refractivity contribution in [2.24, 2.45) is 0 Å². The first-order valence-electron chi connectivity index (χ1n) is 3.05. The maximum absolute atomic E-state index is 11.2. The number of hydrogen-bond donors (Lipinski definition) is 0. The van der Waals surface area contributed by atoms with E-state index in [0.29, 0.717) is 9.21 Å². The SMILES string of the molecule is CC(Cl)C(=O)c1ccc(Cl)s1. The van der Waals surface area contributed by atoms with E-state index in [9.17, 15) is 4.79 Å². The molecule has 0 aliphatic rings. The smallest absolute Gasteiger partial charge is 0.190 e. The van der Waals surface area contributed by atoms with E-state index in [1.807, 2.05) is 0 Å². The van der Waals surface area contributed by atoms with Gasteiger partial charge in [-0.25, -0.2) is 0 Å². The molecular formula is C7H6Cl2OS. The van der Waals surface area contributed by atoms with Crippen LogP contribution in [0, 0.1) is 0 Å². The Morgan fingerprint density at radius 2 is 2.27 bits per heavy atom. The predicted octanol–water partition coefficient (Wildman–Crippen LogP) is 3.21. The second kappa shape index (κ2) is 3.57. The molecule has 0 aliphatic heterocycles. The van der Waals surface area contributed by atoms with E-state index in [1.54, 1.807) is 19.1 Å². The van der Waals surface area contributed by atoms with Gasteiger partial charge in [-0.1, -0.05) is 11.6 Å². The highest BCUT2D eigenvalue weighted by Crippen LogP contribution is 2.23. The Bertz CT molecular complexity index is 267. The van der Waals surface area contributed by atoms with Crippen molar-refractivity contribution in [3.8, 4) is 0 Å². The van der Waals surface area contributed by atoms with Gasteiger partial charge in [0.25, 0.3) is 0 Å². The number of alkyl halides is 1. The molecular weight excluding hydrogens is 203 g/mol. The molecule has 11 heavy (non-hydrogen) atoms. The summed E-state index contributed by atoms with van der Waals surface area (Å²) in [7, 11) is 0. The van der Waals surface area contributed by atoms with Crippen LogP contribution in [0.1, 0.15) is 16.6 Å². The van der Waals surface area contributed by atoms with Crippen molar-refractivity contribution in [3.05, 3.63) is 21.3 Å². The van der Waals surface area contributed by atoms with Gasteiger partial charge in [0.05, 0.1) is 14.6 Å². The quantitative estimate of drug-likeness (QED) is 0.539. The van der Waals surface area contributed by atoms with Crippen molar-refractivity contribution < 1.29 is 4.79 Å². The molecule has 1 heterocycles. The molecule has 0 saturated heterocycles. The number of halogens is 2. The topological polar surface area (TPSA) is 17.1 Å². The third kappa shape index (κ3) is 2.19. The number of hydrogen-bond acceptors (Lipinski definition) is 2. The lowest BCUT2D eigenvalue weighted by Crippen LogP contribution is -2.07. The normalized spacial score (nSPS) is 13.0. The van der Waals surface area contributed by atoms with Crippen LogP contribution in [0.15, 0.2) is 12.1 Å². The summed E-state index contributed by atoms with van der Waals surface area (Å²) in [6.07, 6.45) is 0. The van der Waals surface area contributed by atoms with Crippen LogP contribution in [-0.4, -0.2) is 11.2 Å². The lowest BCUT2D eigenvalue weighted by atomic mass is 10.2. The maximum atomic E-state index is 11.2. The molecule has 0 amide bonds. The van der Waals surface area contributed by atoms with Crippen molar-refractivity contribution in [1.29, 1.82) is 0 Å². The fraction of sp³-hybridized carbons (Fsp3) is 0.286. The van der Waals surface area contributed by atoms with Crippen molar-refractivity contribution in [3.63, 3.8) is 0 Å². The fourth-order valence-corrected chi connectivity index (χ4v) is 1.90. The fourth-order valence-electron chi connectivity index (χ4n) is 0.643. The second-order valence-corrected chi connectivity index (χ2v) is 4.45. The Labute approximate surface area is 78.9 Å². The second-order valence-electron chi connectivity index (χ2n) is 2.08. The van der Waals surface area contributed by atoms with Crippen molar-refractivity contribution >= 4 is 40.3 Å². The zero-order valence-electron chi connectivity index (χ0n) is 5.80. The first kappa shape index (κ1) is 9.04. The van der Waals surface area contributed by atoms with Crippen LogP contribution >= 0.6 is 34.5 Å². The number of rotatable bonds is 2. The molecule has 0 aliphatic carbocycles. The Morgan fingerprint density at radius 1 is 1.64 bits per heavy atom. The minimum Gasteiger partial charge on any atom is -0.292 e. The third-order valence-corrected chi connectivity index (χ3v) is 2.62. The van der Waals surface area contributed by atoms with E-state index in [0.717, 1.165) is 0 Å². The average Bonchev–Trinajstić information content (AvgIpc) is 2.34. The van der Waals surface area contributed by atoms with Crippen LogP contribution in [0.5, 0.6) is 0 Å². The molecule has 1 unspecified atom stereocenters. The van der Waals surface area contributed by atoms with Gasteiger partial charge in [-0.3, -0.25) is 4.79 Å². The van der Waals surface area contributed by atoms with Crippen molar-refractivity contribution in [2.75, 3.05) is 0 Å². The van der Waals surface area contributed by atoms with E-state index < -0.39 is 5.38 Å². The van der Waals surface area contributed by atoms with Crippen LogP contribution < -0.4 is 0 Å². The molecule has 1 rings (SSSR count). The third-order valence-electron chi connectivity index (χ3n) is 1.18. The number of Topliss-reactive ketones (excluding diaryl/α,β-unsaturated/α-hetero) is 1. The van der Waals surface area contributed by atoms with Gasteiger partial charge in [0.2, 0.25) is 0 Å². The van der Waals surface area contributed by atoms with Gasteiger partial charge in [0, 0.05) is 0 Å².